The van der Waals surface area contributed by atoms with Crippen molar-refractivity contribution in [1.82, 2.24) is 14.8 Å². The van der Waals surface area contributed by atoms with Crippen LogP contribution in [-0.4, -0.2) is 20.5 Å². The van der Waals surface area contributed by atoms with Crippen LogP contribution in [0.1, 0.15) is 5.56 Å². The molecular formula is C19H15Cl2N3S2. The van der Waals surface area contributed by atoms with Crippen molar-refractivity contribution in [1.29, 1.82) is 0 Å². The minimum atomic E-state index is 0.706. The number of benzene rings is 2. The van der Waals surface area contributed by atoms with E-state index in [0.717, 1.165) is 38.1 Å². The van der Waals surface area contributed by atoms with Crippen molar-refractivity contribution in [2.75, 3.05) is 5.75 Å². The Kier molecular flexibility index (Phi) is 5.23. The number of thioether (sulfide) groups is 1. The molecule has 0 aliphatic carbocycles. The van der Waals surface area contributed by atoms with E-state index in [9.17, 15) is 0 Å². The highest BCUT2D eigenvalue weighted by atomic mass is 35.5. The zero-order chi connectivity index (χ0) is 18.1. The number of nitrogens with zero attached hydrogens (tertiary/aromatic N) is 3. The van der Waals surface area contributed by atoms with E-state index in [1.807, 2.05) is 35.9 Å². The lowest BCUT2D eigenvalue weighted by atomic mass is 10.2. The van der Waals surface area contributed by atoms with Crippen molar-refractivity contribution in [2.45, 2.75) is 11.6 Å². The minimum Gasteiger partial charge on any atom is -0.304 e. The maximum Gasteiger partial charge on any atom is 0.191 e. The smallest absolute Gasteiger partial charge is 0.191 e. The third kappa shape index (κ3) is 3.49. The van der Waals surface area contributed by atoms with Gasteiger partial charge in [-0.2, -0.15) is 0 Å². The number of hydrogen-bond donors (Lipinski definition) is 0. The Morgan fingerprint density at radius 1 is 1.08 bits per heavy atom. The standard InChI is InChI=1S/C19H15Cl2N3S2/c1-24-18(17-16(21)14-8-7-13(20)11-15(14)26-17)22-23-19(24)25-10-9-12-5-3-2-4-6-12/h2-8,11H,9-10H2,1H3. The van der Waals surface area contributed by atoms with Crippen molar-refractivity contribution in [3.8, 4) is 10.7 Å². The molecule has 2 aromatic carbocycles. The van der Waals surface area contributed by atoms with Crippen LogP contribution in [0.4, 0.5) is 0 Å². The first kappa shape index (κ1) is 17.9. The molecule has 0 saturated carbocycles. The van der Waals surface area contributed by atoms with Crippen LogP contribution in [-0.2, 0) is 13.5 Å². The summed E-state index contributed by atoms with van der Waals surface area (Å²) in [5, 5.41) is 12.0. The van der Waals surface area contributed by atoms with Gasteiger partial charge in [-0.15, -0.1) is 21.5 Å². The van der Waals surface area contributed by atoms with Crippen molar-refractivity contribution >= 4 is 56.4 Å². The molecule has 0 saturated heterocycles. The first-order valence-corrected chi connectivity index (χ1v) is 10.6. The monoisotopic (exact) mass is 419 g/mol. The third-order valence-electron chi connectivity index (χ3n) is 4.09. The Balaban J connectivity index is 1.56. The quantitative estimate of drug-likeness (QED) is 0.353. The van der Waals surface area contributed by atoms with Crippen LogP contribution in [0.5, 0.6) is 0 Å². The van der Waals surface area contributed by atoms with Gasteiger partial charge in [0.15, 0.2) is 11.0 Å². The Morgan fingerprint density at radius 3 is 2.69 bits per heavy atom. The summed E-state index contributed by atoms with van der Waals surface area (Å²) in [5.41, 5.74) is 1.33. The van der Waals surface area contributed by atoms with Crippen molar-refractivity contribution in [2.24, 2.45) is 7.05 Å². The fourth-order valence-corrected chi connectivity index (χ4v) is 5.44. The fraction of sp³-hybridized carbons (Fsp3) is 0.158. The Hall–Kier alpha value is -1.53. The Bertz CT molecular complexity index is 1060. The predicted octanol–water partition coefficient (Wildman–Crippen LogP) is 6.34. The summed E-state index contributed by atoms with van der Waals surface area (Å²) >= 11 is 16.0. The molecule has 0 unspecified atom stereocenters. The predicted molar refractivity (Wildman–Crippen MR) is 113 cm³/mol. The highest BCUT2D eigenvalue weighted by Crippen LogP contribution is 2.42. The van der Waals surface area contributed by atoms with Gasteiger partial charge in [0.25, 0.3) is 0 Å². The molecule has 0 radical (unpaired) electrons. The van der Waals surface area contributed by atoms with Crippen LogP contribution in [0.25, 0.3) is 20.8 Å². The second-order valence-electron chi connectivity index (χ2n) is 5.83. The molecule has 0 aliphatic rings. The lowest BCUT2D eigenvalue weighted by Crippen LogP contribution is -1.95. The van der Waals surface area contributed by atoms with E-state index in [-0.39, 0.29) is 0 Å². The molecule has 2 aromatic heterocycles. The number of thiophene rings is 1. The van der Waals surface area contributed by atoms with Gasteiger partial charge in [-0.3, -0.25) is 0 Å². The first-order valence-electron chi connectivity index (χ1n) is 8.07. The molecule has 0 amide bonds. The summed E-state index contributed by atoms with van der Waals surface area (Å²) in [6, 6.07) is 16.2. The molecule has 4 aromatic rings. The molecule has 4 rings (SSSR count). The van der Waals surface area contributed by atoms with E-state index in [4.69, 9.17) is 23.2 Å². The number of aryl methyl sites for hydroxylation is 1. The lowest BCUT2D eigenvalue weighted by molar-refractivity contribution is 0.794. The van der Waals surface area contributed by atoms with Crippen LogP contribution in [0.15, 0.2) is 53.7 Å². The molecule has 2 heterocycles. The maximum absolute atomic E-state index is 6.59. The molecule has 132 valence electrons. The van der Waals surface area contributed by atoms with Gasteiger partial charge in [0.2, 0.25) is 0 Å². The van der Waals surface area contributed by atoms with E-state index in [0.29, 0.717) is 10.0 Å². The number of rotatable bonds is 5. The molecule has 3 nitrogen and oxygen atoms in total. The Morgan fingerprint density at radius 2 is 1.88 bits per heavy atom. The van der Waals surface area contributed by atoms with Crippen molar-refractivity contribution < 1.29 is 0 Å². The molecule has 7 heteroatoms. The fourth-order valence-electron chi connectivity index (χ4n) is 2.73. The van der Waals surface area contributed by atoms with Crippen LogP contribution >= 0.6 is 46.3 Å². The molecule has 0 bridgehead atoms. The molecular weight excluding hydrogens is 405 g/mol. The first-order chi connectivity index (χ1) is 12.6. The van der Waals surface area contributed by atoms with Crippen molar-refractivity contribution in [3.05, 3.63) is 64.1 Å². The zero-order valence-electron chi connectivity index (χ0n) is 13.9. The van der Waals surface area contributed by atoms with E-state index >= 15 is 0 Å². The summed E-state index contributed by atoms with van der Waals surface area (Å²) in [6.45, 7) is 0. The number of halogens is 2. The molecule has 0 fully saturated rings. The van der Waals surface area contributed by atoms with Gasteiger partial charge in [0.1, 0.15) is 0 Å². The van der Waals surface area contributed by atoms with E-state index in [1.165, 1.54) is 5.56 Å². The molecule has 0 atom stereocenters. The minimum absolute atomic E-state index is 0.706. The van der Waals surface area contributed by atoms with E-state index in [1.54, 1.807) is 23.1 Å². The van der Waals surface area contributed by atoms with Gasteiger partial charge in [-0.05, 0) is 24.1 Å². The average molecular weight is 420 g/mol. The van der Waals surface area contributed by atoms with Crippen molar-refractivity contribution in [3.63, 3.8) is 0 Å². The maximum atomic E-state index is 6.59. The van der Waals surface area contributed by atoms with Crippen LogP contribution in [0.2, 0.25) is 10.0 Å². The number of hydrogen-bond acceptors (Lipinski definition) is 4. The average Bonchev–Trinajstić information content (AvgIpc) is 3.16. The molecule has 0 N–H and O–H groups in total. The summed E-state index contributed by atoms with van der Waals surface area (Å²) in [7, 11) is 1.98. The number of fused-ring (bicyclic) bond motifs is 1. The topological polar surface area (TPSA) is 30.7 Å². The van der Waals surface area contributed by atoms with Gasteiger partial charge >= 0.3 is 0 Å². The highest BCUT2D eigenvalue weighted by Gasteiger charge is 2.18. The summed E-state index contributed by atoms with van der Waals surface area (Å²) in [4.78, 5) is 0.925. The van der Waals surface area contributed by atoms with Gasteiger partial charge in [-0.1, -0.05) is 71.4 Å². The van der Waals surface area contributed by atoms with Crippen LogP contribution < -0.4 is 0 Å². The summed E-state index contributed by atoms with van der Waals surface area (Å²) < 4.78 is 3.06. The van der Waals surface area contributed by atoms with Gasteiger partial charge in [0, 0.05) is 27.9 Å². The Labute approximate surface area is 170 Å². The van der Waals surface area contributed by atoms with Gasteiger partial charge in [0.05, 0.1) is 9.90 Å². The lowest BCUT2D eigenvalue weighted by Gasteiger charge is -2.03. The van der Waals surface area contributed by atoms with Crippen LogP contribution in [0, 0.1) is 0 Å². The zero-order valence-corrected chi connectivity index (χ0v) is 17.1. The largest absolute Gasteiger partial charge is 0.304 e. The molecule has 26 heavy (non-hydrogen) atoms. The number of aromatic nitrogens is 3. The normalized spacial score (nSPS) is 11.3. The highest BCUT2D eigenvalue weighted by molar-refractivity contribution is 7.99. The third-order valence-corrected chi connectivity index (χ3v) is 7.00. The van der Waals surface area contributed by atoms with Gasteiger partial charge < -0.3 is 4.57 Å². The SMILES string of the molecule is Cn1c(SCCc2ccccc2)nnc1-c1sc2cc(Cl)ccc2c1Cl. The van der Waals surface area contributed by atoms with Gasteiger partial charge in [-0.25, -0.2) is 0 Å². The van der Waals surface area contributed by atoms with Crippen LogP contribution in [0.3, 0.4) is 0 Å². The molecule has 0 aliphatic heterocycles. The second-order valence-corrected chi connectivity index (χ2v) is 8.76. The summed E-state index contributed by atoms with van der Waals surface area (Å²) in [5.74, 6) is 1.74. The van der Waals surface area contributed by atoms with E-state index in [2.05, 4.69) is 34.5 Å². The summed E-state index contributed by atoms with van der Waals surface area (Å²) in [6.07, 6.45) is 0.996. The molecule has 0 spiro atoms. The second kappa shape index (κ2) is 7.61. The van der Waals surface area contributed by atoms with E-state index < -0.39 is 0 Å².